The van der Waals surface area contributed by atoms with Crippen LogP contribution in [-0.2, 0) is 0 Å². The van der Waals surface area contributed by atoms with Crippen LogP contribution in [0.4, 0.5) is 0 Å². The molecule has 0 spiro atoms. The lowest BCUT2D eigenvalue weighted by atomic mass is 9.86. The summed E-state index contributed by atoms with van der Waals surface area (Å²) >= 11 is 0. The average molecular weight is 213 g/mol. The van der Waals surface area contributed by atoms with Gasteiger partial charge in [-0.05, 0) is 59.0 Å². The van der Waals surface area contributed by atoms with Crippen molar-refractivity contribution in [1.82, 2.24) is 4.90 Å². The van der Waals surface area contributed by atoms with Gasteiger partial charge in [0.25, 0.3) is 0 Å². The Morgan fingerprint density at radius 3 is 2.67 bits per heavy atom. The molecule has 15 heavy (non-hydrogen) atoms. The Morgan fingerprint density at radius 2 is 2.13 bits per heavy atom. The average Bonchev–Trinajstić information content (AvgIpc) is 2.13. The maximum Gasteiger partial charge on any atom is 0.00976 e. The third-order valence-electron chi connectivity index (χ3n) is 3.39. The number of likely N-dealkylation sites (tertiary alicyclic amines) is 1. The Balaban J connectivity index is 2.29. The van der Waals surface area contributed by atoms with Gasteiger partial charge in [0.05, 0.1) is 0 Å². The fourth-order valence-electron chi connectivity index (χ4n) is 2.33. The third-order valence-corrected chi connectivity index (χ3v) is 3.39. The second-order valence-electron chi connectivity index (χ2n) is 5.86. The highest BCUT2D eigenvalue weighted by Gasteiger charge is 2.24. The molecule has 4 N–H and O–H groups in total. The van der Waals surface area contributed by atoms with Crippen molar-refractivity contribution in [3.63, 3.8) is 0 Å². The normalized spacial score (nSPS) is 26.6. The fourth-order valence-corrected chi connectivity index (χ4v) is 2.33. The molecule has 0 aliphatic carbocycles. The number of rotatable bonds is 4. The Hall–Kier alpha value is -0.120. The molecule has 1 rings (SSSR count). The van der Waals surface area contributed by atoms with Crippen LogP contribution in [0.5, 0.6) is 0 Å². The van der Waals surface area contributed by atoms with Gasteiger partial charge in [-0.3, -0.25) is 0 Å². The topological polar surface area (TPSA) is 55.3 Å². The first-order valence-electron chi connectivity index (χ1n) is 6.11. The number of nitrogens with zero attached hydrogens (tertiary/aromatic N) is 1. The molecule has 0 saturated carbocycles. The zero-order valence-electron chi connectivity index (χ0n) is 10.5. The van der Waals surface area contributed by atoms with Crippen molar-refractivity contribution in [3.05, 3.63) is 0 Å². The number of hydrogen-bond donors (Lipinski definition) is 2. The Morgan fingerprint density at radius 1 is 1.47 bits per heavy atom. The highest BCUT2D eigenvalue weighted by Crippen LogP contribution is 2.21. The number of piperidine rings is 1. The third kappa shape index (κ3) is 4.96. The molecule has 90 valence electrons. The molecular formula is C12H27N3. The van der Waals surface area contributed by atoms with Gasteiger partial charge in [0.1, 0.15) is 0 Å². The molecule has 3 heteroatoms. The second-order valence-corrected chi connectivity index (χ2v) is 5.86. The lowest BCUT2D eigenvalue weighted by Crippen LogP contribution is -2.43. The summed E-state index contributed by atoms with van der Waals surface area (Å²) in [7, 11) is 2.19. The molecule has 0 bridgehead atoms. The molecule has 0 radical (unpaired) electrons. The van der Waals surface area contributed by atoms with E-state index in [4.69, 9.17) is 11.5 Å². The van der Waals surface area contributed by atoms with Crippen LogP contribution in [0.1, 0.15) is 39.5 Å². The molecule has 2 atom stereocenters. The van der Waals surface area contributed by atoms with Gasteiger partial charge in [-0.15, -0.1) is 0 Å². The van der Waals surface area contributed by atoms with Crippen molar-refractivity contribution >= 4 is 0 Å². The quantitative estimate of drug-likeness (QED) is 0.737. The van der Waals surface area contributed by atoms with Gasteiger partial charge in [0, 0.05) is 18.1 Å². The van der Waals surface area contributed by atoms with Gasteiger partial charge in [-0.25, -0.2) is 0 Å². The van der Waals surface area contributed by atoms with E-state index < -0.39 is 0 Å². The van der Waals surface area contributed by atoms with Gasteiger partial charge < -0.3 is 16.4 Å². The van der Waals surface area contributed by atoms with Crippen molar-refractivity contribution in [2.24, 2.45) is 17.4 Å². The van der Waals surface area contributed by atoms with Gasteiger partial charge in [-0.2, -0.15) is 0 Å². The van der Waals surface area contributed by atoms with Crippen molar-refractivity contribution in [2.45, 2.75) is 51.1 Å². The summed E-state index contributed by atoms with van der Waals surface area (Å²) < 4.78 is 0. The molecule has 0 aromatic rings. The van der Waals surface area contributed by atoms with E-state index in [1.165, 1.54) is 19.4 Å². The van der Waals surface area contributed by atoms with E-state index in [1.807, 2.05) is 0 Å². The molecule has 3 nitrogen and oxygen atoms in total. The van der Waals surface area contributed by atoms with E-state index in [1.54, 1.807) is 0 Å². The van der Waals surface area contributed by atoms with E-state index in [9.17, 15) is 0 Å². The van der Waals surface area contributed by atoms with E-state index >= 15 is 0 Å². The van der Waals surface area contributed by atoms with Crippen molar-refractivity contribution in [1.29, 1.82) is 0 Å². The van der Waals surface area contributed by atoms with Gasteiger partial charge >= 0.3 is 0 Å². The van der Waals surface area contributed by atoms with Crippen LogP contribution in [0, 0.1) is 5.92 Å². The zero-order chi connectivity index (χ0) is 11.5. The van der Waals surface area contributed by atoms with Crippen LogP contribution < -0.4 is 11.5 Å². The Labute approximate surface area is 94.2 Å². The van der Waals surface area contributed by atoms with Crippen LogP contribution in [0.3, 0.4) is 0 Å². The molecule has 1 aliphatic heterocycles. The van der Waals surface area contributed by atoms with E-state index in [2.05, 4.69) is 25.8 Å². The van der Waals surface area contributed by atoms with E-state index in [0.29, 0.717) is 12.0 Å². The first-order valence-corrected chi connectivity index (χ1v) is 6.11. The second kappa shape index (κ2) is 5.28. The van der Waals surface area contributed by atoms with Crippen LogP contribution in [0.2, 0.25) is 0 Å². The maximum absolute atomic E-state index is 6.24. The Kier molecular flexibility index (Phi) is 4.56. The van der Waals surface area contributed by atoms with Crippen LogP contribution in [-0.4, -0.2) is 36.6 Å². The summed E-state index contributed by atoms with van der Waals surface area (Å²) in [4.78, 5) is 2.39. The van der Waals surface area contributed by atoms with Gasteiger partial charge in [-0.1, -0.05) is 0 Å². The van der Waals surface area contributed by atoms with Gasteiger partial charge in [0.15, 0.2) is 0 Å². The first kappa shape index (κ1) is 12.9. The van der Waals surface area contributed by atoms with Crippen LogP contribution >= 0.6 is 0 Å². The number of hydrogen-bond acceptors (Lipinski definition) is 3. The molecule has 1 saturated heterocycles. The maximum atomic E-state index is 6.24. The Bertz CT molecular complexity index is 186. The van der Waals surface area contributed by atoms with Crippen LogP contribution in [0.15, 0.2) is 0 Å². The predicted molar refractivity (Wildman–Crippen MR) is 65.7 cm³/mol. The molecule has 0 amide bonds. The minimum absolute atomic E-state index is 0.0712. The molecule has 0 aromatic carbocycles. The monoisotopic (exact) mass is 213 g/mol. The van der Waals surface area contributed by atoms with Crippen molar-refractivity contribution in [2.75, 3.05) is 20.1 Å². The molecule has 0 aromatic heterocycles. The lowest BCUT2D eigenvalue weighted by molar-refractivity contribution is 0.180. The predicted octanol–water partition coefficient (Wildman–Crippen LogP) is 1.17. The largest absolute Gasteiger partial charge is 0.327 e. The smallest absolute Gasteiger partial charge is 0.00976 e. The standard InChI is InChI=1S/C12H27N3/c1-12(2,14)7-6-11(13)10-5-4-8-15(3)9-10/h10-11H,4-9,13-14H2,1-3H3. The summed E-state index contributed by atoms with van der Waals surface area (Å²) in [5.74, 6) is 0.672. The SMILES string of the molecule is CN1CCCC(C(N)CCC(C)(C)N)C1. The summed E-state index contributed by atoms with van der Waals surface area (Å²) in [5.41, 5.74) is 12.1. The molecule has 1 heterocycles. The number of nitrogens with two attached hydrogens (primary N) is 2. The molecule has 2 unspecified atom stereocenters. The lowest BCUT2D eigenvalue weighted by Gasteiger charge is -2.34. The molecular weight excluding hydrogens is 186 g/mol. The summed E-state index contributed by atoms with van der Waals surface area (Å²) in [6.07, 6.45) is 4.66. The van der Waals surface area contributed by atoms with Crippen molar-refractivity contribution in [3.8, 4) is 0 Å². The zero-order valence-corrected chi connectivity index (χ0v) is 10.5. The molecule has 1 fully saturated rings. The van der Waals surface area contributed by atoms with Crippen LogP contribution in [0.25, 0.3) is 0 Å². The molecule has 1 aliphatic rings. The van der Waals surface area contributed by atoms with E-state index in [0.717, 1.165) is 19.4 Å². The van der Waals surface area contributed by atoms with E-state index in [-0.39, 0.29) is 5.54 Å². The fraction of sp³-hybridized carbons (Fsp3) is 1.00. The summed E-state index contributed by atoms with van der Waals surface area (Å²) in [6.45, 7) is 6.54. The van der Waals surface area contributed by atoms with Gasteiger partial charge in [0.2, 0.25) is 0 Å². The van der Waals surface area contributed by atoms with Crippen molar-refractivity contribution < 1.29 is 0 Å². The summed E-state index contributed by atoms with van der Waals surface area (Å²) in [5, 5.41) is 0. The minimum Gasteiger partial charge on any atom is -0.327 e. The summed E-state index contributed by atoms with van der Waals surface area (Å²) in [6, 6.07) is 0.329. The highest BCUT2D eigenvalue weighted by molar-refractivity contribution is 4.82. The first-order chi connectivity index (χ1) is 6.88. The highest BCUT2D eigenvalue weighted by atomic mass is 15.1. The minimum atomic E-state index is -0.0712.